The summed E-state index contributed by atoms with van der Waals surface area (Å²) in [7, 11) is 3.15. The first kappa shape index (κ1) is 32.1. The van der Waals surface area contributed by atoms with Gasteiger partial charge in [0.1, 0.15) is 5.75 Å². The Morgan fingerprint density at radius 3 is 2.32 bits per heavy atom. The average Bonchev–Trinajstić information content (AvgIpc) is 2.88. The fourth-order valence-electron chi connectivity index (χ4n) is 3.99. The van der Waals surface area contributed by atoms with E-state index in [9.17, 15) is 9.59 Å². The lowest BCUT2D eigenvalue weighted by atomic mass is 10.2. The summed E-state index contributed by atoms with van der Waals surface area (Å²) in [6.07, 6.45) is 9.09. The van der Waals surface area contributed by atoms with Crippen LogP contribution < -0.4 is 16.0 Å². The molecule has 11 heteroatoms. The zero-order chi connectivity index (χ0) is 23.9. The van der Waals surface area contributed by atoms with Crippen LogP contribution in [0.5, 0.6) is 5.75 Å². The number of fused-ring (bicyclic) bond motifs is 1. The van der Waals surface area contributed by atoms with E-state index in [1.54, 1.807) is 31.4 Å². The molecule has 0 N–H and O–H groups in total. The minimum atomic E-state index is -0.341. The van der Waals surface area contributed by atoms with Gasteiger partial charge in [-0.2, -0.15) is 0 Å². The van der Waals surface area contributed by atoms with Crippen molar-refractivity contribution < 1.29 is 4.74 Å². The zero-order valence-electron chi connectivity index (χ0n) is 20.8. The highest BCUT2D eigenvalue weighted by molar-refractivity contribution is 5.86. The molecule has 0 bridgehead atoms. The van der Waals surface area contributed by atoms with Crippen LogP contribution in [0.15, 0.2) is 76.8 Å². The smallest absolute Gasteiger partial charge is 0.330 e. The van der Waals surface area contributed by atoms with Gasteiger partial charge in [-0.1, -0.05) is 6.07 Å². The summed E-state index contributed by atoms with van der Waals surface area (Å²) in [5, 5.41) is 0.470. The molecule has 3 aromatic heterocycles. The summed E-state index contributed by atoms with van der Waals surface area (Å²) in [6.45, 7) is 3.14. The van der Waals surface area contributed by atoms with Crippen LogP contribution in [-0.4, -0.2) is 43.7 Å². The number of hydrogen-bond acceptors (Lipinski definition) is 6. The third kappa shape index (κ3) is 8.30. The van der Waals surface area contributed by atoms with Gasteiger partial charge in [-0.05, 0) is 60.4 Å². The van der Waals surface area contributed by atoms with E-state index in [2.05, 4.69) is 20.9 Å². The largest absolute Gasteiger partial charge is 0.494 e. The molecule has 0 radical (unpaired) electrons. The SMILES string of the molecule is Cl.Cl.Cl.Cn1c(=O)c2cc(OCCCN(CCc3cccnc3)Cc3ccncc3)ccc2n(C)c1=O. The van der Waals surface area contributed by atoms with Crippen LogP contribution in [0.2, 0.25) is 0 Å². The van der Waals surface area contributed by atoms with Gasteiger partial charge in [0.15, 0.2) is 0 Å². The first-order valence-electron chi connectivity index (χ1n) is 11.4. The molecule has 8 nitrogen and oxygen atoms in total. The second-order valence-electron chi connectivity index (χ2n) is 8.33. The maximum Gasteiger partial charge on any atom is 0.330 e. The number of benzene rings is 1. The summed E-state index contributed by atoms with van der Waals surface area (Å²) in [5.41, 5.74) is 2.37. The maximum absolute atomic E-state index is 12.5. The molecule has 1 aromatic carbocycles. The molecule has 0 spiro atoms. The Bertz CT molecular complexity index is 1370. The van der Waals surface area contributed by atoms with Crippen molar-refractivity contribution in [1.82, 2.24) is 24.0 Å². The number of rotatable bonds is 10. The molecule has 0 unspecified atom stereocenters. The van der Waals surface area contributed by atoms with Crippen LogP contribution in [0.1, 0.15) is 17.5 Å². The third-order valence-corrected chi connectivity index (χ3v) is 5.92. The molecule has 0 aliphatic rings. The Labute approximate surface area is 234 Å². The van der Waals surface area contributed by atoms with Crippen molar-refractivity contribution in [2.75, 3.05) is 19.7 Å². The van der Waals surface area contributed by atoms with Crippen LogP contribution in [0.4, 0.5) is 0 Å². The van der Waals surface area contributed by atoms with E-state index in [0.29, 0.717) is 23.3 Å². The van der Waals surface area contributed by atoms with Gasteiger partial charge in [0, 0.05) is 58.5 Å². The molecule has 0 saturated carbocycles. The highest BCUT2D eigenvalue weighted by Gasteiger charge is 2.10. The summed E-state index contributed by atoms with van der Waals surface area (Å²) in [6, 6.07) is 13.4. The minimum absolute atomic E-state index is 0. The number of pyridine rings is 2. The number of halogens is 3. The molecular weight excluding hydrogens is 537 g/mol. The molecule has 4 rings (SSSR count). The monoisotopic (exact) mass is 567 g/mol. The Kier molecular flexibility index (Phi) is 13.3. The Morgan fingerprint density at radius 1 is 0.865 bits per heavy atom. The van der Waals surface area contributed by atoms with E-state index in [4.69, 9.17) is 4.74 Å². The topological polar surface area (TPSA) is 82.2 Å². The molecule has 37 heavy (non-hydrogen) atoms. The summed E-state index contributed by atoms with van der Waals surface area (Å²) >= 11 is 0. The molecule has 3 heterocycles. The molecule has 0 atom stereocenters. The molecule has 0 aliphatic heterocycles. The lowest BCUT2D eigenvalue weighted by Gasteiger charge is -2.22. The Balaban J connectivity index is 0.00000228. The van der Waals surface area contributed by atoms with E-state index < -0.39 is 0 Å². The first-order valence-corrected chi connectivity index (χ1v) is 11.4. The maximum atomic E-state index is 12.5. The van der Waals surface area contributed by atoms with Crippen LogP contribution in [-0.2, 0) is 27.1 Å². The van der Waals surface area contributed by atoms with Crippen molar-refractivity contribution in [1.29, 1.82) is 0 Å². The zero-order valence-corrected chi connectivity index (χ0v) is 23.2. The minimum Gasteiger partial charge on any atom is -0.494 e. The number of hydrogen-bond donors (Lipinski definition) is 0. The van der Waals surface area contributed by atoms with Crippen molar-refractivity contribution >= 4 is 48.1 Å². The molecule has 200 valence electrons. The first-order chi connectivity index (χ1) is 16.5. The Morgan fingerprint density at radius 2 is 1.62 bits per heavy atom. The fourth-order valence-corrected chi connectivity index (χ4v) is 3.99. The van der Waals surface area contributed by atoms with Crippen molar-refractivity contribution in [3.05, 3.63) is 99.2 Å². The van der Waals surface area contributed by atoms with Gasteiger partial charge in [-0.15, -0.1) is 37.2 Å². The molecule has 0 amide bonds. The normalized spacial score (nSPS) is 10.4. The second kappa shape index (κ2) is 15.4. The quantitative estimate of drug-likeness (QED) is 0.271. The predicted molar refractivity (Wildman–Crippen MR) is 154 cm³/mol. The summed E-state index contributed by atoms with van der Waals surface area (Å²) in [4.78, 5) is 35.4. The van der Waals surface area contributed by atoms with Crippen molar-refractivity contribution in [2.45, 2.75) is 19.4 Å². The molecule has 0 saturated heterocycles. The number of aromatic nitrogens is 4. The predicted octanol–water partition coefficient (Wildman–Crippen LogP) is 3.81. The standard InChI is InChI=1S/C26H29N5O3.3ClH/c1-29-24-7-6-22(17-23(24)25(32)30(2)26(29)33)34-16-4-14-31(19-21-8-12-27-13-9-21)15-10-20-5-3-11-28-18-20;;;/h3,5-9,11-13,17-18H,4,10,14-16,19H2,1-2H3;3*1H. The average molecular weight is 569 g/mol. The second-order valence-corrected chi connectivity index (χ2v) is 8.33. The van der Waals surface area contributed by atoms with Crippen LogP contribution in [0.3, 0.4) is 0 Å². The fraction of sp³-hybridized carbons (Fsp3) is 0.308. The van der Waals surface area contributed by atoms with Gasteiger partial charge in [0.05, 0.1) is 17.5 Å². The highest BCUT2D eigenvalue weighted by atomic mass is 35.5. The number of aryl methyl sites for hydroxylation is 1. The van der Waals surface area contributed by atoms with E-state index in [1.807, 2.05) is 36.8 Å². The van der Waals surface area contributed by atoms with Gasteiger partial charge < -0.3 is 4.74 Å². The van der Waals surface area contributed by atoms with Crippen LogP contribution in [0, 0.1) is 0 Å². The van der Waals surface area contributed by atoms with Gasteiger partial charge in [-0.3, -0.25) is 28.8 Å². The van der Waals surface area contributed by atoms with E-state index in [1.165, 1.54) is 22.7 Å². The van der Waals surface area contributed by atoms with Crippen molar-refractivity contribution in [3.8, 4) is 5.75 Å². The molecule has 0 fully saturated rings. The van der Waals surface area contributed by atoms with Crippen molar-refractivity contribution in [3.63, 3.8) is 0 Å². The highest BCUT2D eigenvalue weighted by Crippen LogP contribution is 2.17. The summed E-state index contributed by atoms with van der Waals surface area (Å²) in [5.74, 6) is 0.624. The van der Waals surface area contributed by atoms with Crippen LogP contribution in [0.25, 0.3) is 10.9 Å². The third-order valence-electron chi connectivity index (χ3n) is 5.92. The van der Waals surface area contributed by atoms with Crippen LogP contribution >= 0.6 is 37.2 Å². The number of nitrogens with zero attached hydrogens (tertiary/aromatic N) is 5. The number of ether oxygens (including phenoxy) is 1. The van der Waals surface area contributed by atoms with E-state index >= 15 is 0 Å². The van der Waals surface area contributed by atoms with E-state index in [0.717, 1.165) is 37.0 Å². The van der Waals surface area contributed by atoms with E-state index in [-0.39, 0.29) is 48.5 Å². The molecule has 0 aliphatic carbocycles. The van der Waals surface area contributed by atoms with Crippen molar-refractivity contribution in [2.24, 2.45) is 14.1 Å². The molecular formula is C26H32Cl3N5O3. The summed E-state index contributed by atoms with van der Waals surface area (Å²) < 4.78 is 8.55. The molecule has 4 aromatic rings. The Hall–Kier alpha value is -2.91. The lowest BCUT2D eigenvalue weighted by Crippen LogP contribution is -2.36. The van der Waals surface area contributed by atoms with Gasteiger partial charge in [0.2, 0.25) is 0 Å². The lowest BCUT2D eigenvalue weighted by molar-refractivity contribution is 0.230. The van der Waals surface area contributed by atoms with Gasteiger partial charge >= 0.3 is 5.69 Å². The van der Waals surface area contributed by atoms with Gasteiger partial charge in [0.25, 0.3) is 5.56 Å². The van der Waals surface area contributed by atoms with Gasteiger partial charge in [-0.25, -0.2) is 4.79 Å².